The zero-order chi connectivity index (χ0) is 20.9. The maximum Gasteiger partial charge on any atom is 0.223 e. The Morgan fingerprint density at radius 3 is 2.48 bits per heavy atom. The Labute approximate surface area is 175 Å². The number of aromatic nitrogens is 1. The Morgan fingerprint density at radius 1 is 1.21 bits per heavy atom. The SMILES string of the molecule is C[C@@H](CC(C)(C)O)N1CCC(N2CCC(C(=O)NCc3ccccn3)CC2)CC1. The highest BCUT2D eigenvalue weighted by Crippen LogP contribution is 2.26. The molecule has 29 heavy (non-hydrogen) atoms. The smallest absolute Gasteiger partial charge is 0.223 e. The standard InChI is InChI=1S/C23H38N4O2/c1-18(16-23(2,3)29)26-14-9-21(10-15-26)27-12-7-19(8-13-27)22(28)25-17-20-6-4-5-11-24-20/h4-6,11,18-19,21,29H,7-10,12-17H2,1-3H3,(H,25,28)/t18-/m0/s1. The van der Waals surface area contributed by atoms with Crippen molar-refractivity contribution >= 4 is 5.91 Å². The van der Waals surface area contributed by atoms with Crippen molar-refractivity contribution in [3.8, 4) is 0 Å². The van der Waals surface area contributed by atoms with Crippen molar-refractivity contribution in [3.63, 3.8) is 0 Å². The molecule has 3 rings (SSSR count). The lowest BCUT2D eigenvalue weighted by atomic mass is 9.92. The van der Waals surface area contributed by atoms with E-state index in [-0.39, 0.29) is 11.8 Å². The zero-order valence-corrected chi connectivity index (χ0v) is 18.3. The van der Waals surface area contributed by atoms with Crippen molar-refractivity contribution in [2.75, 3.05) is 26.2 Å². The van der Waals surface area contributed by atoms with E-state index >= 15 is 0 Å². The molecule has 2 fully saturated rings. The first-order valence-electron chi connectivity index (χ1n) is 11.2. The summed E-state index contributed by atoms with van der Waals surface area (Å²) in [6.45, 7) is 10.8. The first-order valence-corrected chi connectivity index (χ1v) is 11.2. The topological polar surface area (TPSA) is 68.7 Å². The molecule has 2 saturated heterocycles. The van der Waals surface area contributed by atoms with Crippen molar-refractivity contribution in [1.29, 1.82) is 0 Å². The van der Waals surface area contributed by atoms with Crippen LogP contribution >= 0.6 is 0 Å². The number of nitrogens with zero attached hydrogens (tertiary/aromatic N) is 3. The fourth-order valence-electron chi connectivity index (χ4n) is 4.90. The molecule has 1 amide bonds. The minimum Gasteiger partial charge on any atom is -0.390 e. The second-order valence-corrected chi connectivity index (χ2v) is 9.48. The summed E-state index contributed by atoms with van der Waals surface area (Å²) in [6, 6.07) is 6.84. The Kier molecular flexibility index (Phi) is 7.66. The van der Waals surface area contributed by atoms with Gasteiger partial charge in [-0.3, -0.25) is 9.78 Å². The Bertz CT molecular complexity index is 630. The van der Waals surface area contributed by atoms with Crippen LogP contribution in [-0.4, -0.2) is 69.7 Å². The van der Waals surface area contributed by atoms with E-state index in [1.807, 2.05) is 32.0 Å². The van der Waals surface area contributed by atoms with E-state index in [1.54, 1.807) is 6.20 Å². The van der Waals surface area contributed by atoms with E-state index in [4.69, 9.17) is 0 Å². The number of hydrogen-bond acceptors (Lipinski definition) is 5. The van der Waals surface area contributed by atoms with Crippen molar-refractivity contribution in [1.82, 2.24) is 20.1 Å². The molecule has 2 aliphatic heterocycles. The first-order chi connectivity index (χ1) is 13.8. The van der Waals surface area contributed by atoms with E-state index in [1.165, 1.54) is 12.8 Å². The van der Waals surface area contributed by atoms with Gasteiger partial charge in [-0.1, -0.05) is 6.07 Å². The molecule has 0 radical (unpaired) electrons. The molecule has 1 aromatic rings. The quantitative estimate of drug-likeness (QED) is 0.733. The summed E-state index contributed by atoms with van der Waals surface area (Å²) in [6.07, 6.45) is 6.85. The highest BCUT2D eigenvalue weighted by atomic mass is 16.3. The number of rotatable bonds is 7. The van der Waals surface area contributed by atoms with Gasteiger partial charge in [0, 0.05) is 24.2 Å². The lowest BCUT2D eigenvalue weighted by Gasteiger charge is -2.43. The summed E-state index contributed by atoms with van der Waals surface area (Å²) in [7, 11) is 0. The number of carbonyl (C=O) groups excluding carboxylic acids is 1. The summed E-state index contributed by atoms with van der Waals surface area (Å²) in [5, 5.41) is 13.1. The lowest BCUT2D eigenvalue weighted by molar-refractivity contribution is -0.127. The third kappa shape index (κ3) is 6.76. The molecular formula is C23H38N4O2. The molecule has 0 saturated carbocycles. The fraction of sp³-hybridized carbons (Fsp3) is 0.739. The number of likely N-dealkylation sites (tertiary alicyclic amines) is 2. The third-order valence-corrected chi connectivity index (χ3v) is 6.50. The molecule has 6 nitrogen and oxygen atoms in total. The van der Waals surface area contributed by atoms with Crippen LogP contribution in [0.15, 0.2) is 24.4 Å². The molecule has 0 unspecified atom stereocenters. The van der Waals surface area contributed by atoms with E-state index in [0.29, 0.717) is 18.6 Å². The van der Waals surface area contributed by atoms with Gasteiger partial charge in [-0.25, -0.2) is 0 Å². The van der Waals surface area contributed by atoms with Gasteiger partial charge in [0.05, 0.1) is 17.8 Å². The van der Waals surface area contributed by atoms with Crippen LogP contribution in [-0.2, 0) is 11.3 Å². The van der Waals surface area contributed by atoms with Gasteiger partial charge in [0.25, 0.3) is 0 Å². The summed E-state index contributed by atoms with van der Waals surface area (Å²) >= 11 is 0. The fourth-order valence-corrected chi connectivity index (χ4v) is 4.90. The summed E-state index contributed by atoms with van der Waals surface area (Å²) in [5.41, 5.74) is 0.304. The predicted octanol–water partition coefficient (Wildman–Crippen LogP) is 2.42. The average molecular weight is 403 g/mol. The molecule has 3 heterocycles. The van der Waals surface area contributed by atoms with E-state index in [9.17, 15) is 9.90 Å². The molecule has 2 N–H and O–H groups in total. The molecule has 2 aliphatic rings. The van der Waals surface area contributed by atoms with Crippen LogP contribution in [0.5, 0.6) is 0 Å². The third-order valence-electron chi connectivity index (χ3n) is 6.50. The molecular weight excluding hydrogens is 364 g/mol. The average Bonchev–Trinajstić information content (AvgIpc) is 2.72. The minimum absolute atomic E-state index is 0.127. The van der Waals surface area contributed by atoms with Crippen LogP contribution in [0.4, 0.5) is 0 Å². The van der Waals surface area contributed by atoms with Crippen LogP contribution in [0.1, 0.15) is 58.6 Å². The Hall–Kier alpha value is -1.50. The summed E-state index contributed by atoms with van der Waals surface area (Å²) in [4.78, 5) is 21.9. The van der Waals surface area contributed by atoms with Gasteiger partial charge in [0.1, 0.15) is 0 Å². The lowest BCUT2D eigenvalue weighted by Crippen LogP contribution is -2.51. The summed E-state index contributed by atoms with van der Waals surface area (Å²) in [5.74, 6) is 0.299. The van der Waals surface area contributed by atoms with Gasteiger partial charge in [-0.15, -0.1) is 0 Å². The van der Waals surface area contributed by atoms with Crippen LogP contribution in [0, 0.1) is 5.92 Å². The molecule has 0 spiro atoms. The minimum atomic E-state index is -0.602. The first kappa shape index (κ1) is 22.2. The molecule has 6 heteroatoms. The number of hydrogen-bond donors (Lipinski definition) is 2. The summed E-state index contributed by atoms with van der Waals surface area (Å²) < 4.78 is 0. The second-order valence-electron chi connectivity index (χ2n) is 9.48. The Balaban J connectivity index is 1.37. The maximum atomic E-state index is 12.5. The van der Waals surface area contributed by atoms with Gasteiger partial charge in [-0.2, -0.15) is 0 Å². The van der Waals surface area contributed by atoms with E-state index in [0.717, 1.165) is 51.1 Å². The van der Waals surface area contributed by atoms with E-state index in [2.05, 4.69) is 27.0 Å². The molecule has 0 aromatic carbocycles. The number of nitrogens with one attached hydrogen (secondary N) is 1. The number of piperidine rings is 2. The van der Waals surface area contributed by atoms with Crippen molar-refractivity contribution in [2.45, 2.75) is 77.1 Å². The zero-order valence-electron chi connectivity index (χ0n) is 18.3. The molecule has 1 atom stereocenters. The van der Waals surface area contributed by atoms with Crippen LogP contribution < -0.4 is 5.32 Å². The van der Waals surface area contributed by atoms with E-state index < -0.39 is 5.60 Å². The molecule has 162 valence electrons. The monoisotopic (exact) mass is 402 g/mol. The normalized spacial score (nSPS) is 21.8. The van der Waals surface area contributed by atoms with Crippen molar-refractivity contribution < 1.29 is 9.90 Å². The van der Waals surface area contributed by atoms with Crippen LogP contribution in [0.3, 0.4) is 0 Å². The van der Waals surface area contributed by atoms with Crippen molar-refractivity contribution in [3.05, 3.63) is 30.1 Å². The maximum absolute atomic E-state index is 12.5. The number of aliphatic hydroxyl groups is 1. The highest BCUT2D eigenvalue weighted by molar-refractivity contribution is 5.78. The molecule has 0 aliphatic carbocycles. The van der Waals surface area contributed by atoms with Gasteiger partial charge in [-0.05, 0) is 91.2 Å². The molecule has 1 aromatic heterocycles. The largest absolute Gasteiger partial charge is 0.390 e. The van der Waals surface area contributed by atoms with Crippen molar-refractivity contribution in [2.24, 2.45) is 5.92 Å². The second kappa shape index (κ2) is 10.0. The predicted molar refractivity (Wildman–Crippen MR) is 115 cm³/mol. The number of pyridine rings is 1. The van der Waals surface area contributed by atoms with Gasteiger partial charge in [0.15, 0.2) is 0 Å². The Morgan fingerprint density at radius 2 is 1.90 bits per heavy atom. The van der Waals surface area contributed by atoms with Gasteiger partial charge < -0.3 is 20.2 Å². The van der Waals surface area contributed by atoms with Crippen LogP contribution in [0.2, 0.25) is 0 Å². The van der Waals surface area contributed by atoms with Gasteiger partial charge in [0.2, 0.25) is 5.91 Å². The highest BCUT2D eigenvalue weighted by Gasteiger charge is 2.32. The van der Waals surface area contributed by atoms with Crippen LogP contribution in [0.25, 0.3) is 0 Å². The number of amides is 1. The number of carbonyl (C=O) groups is 1. The van der Waals surface area contributed by atoms with Gasteiger partial charge >= 0.3 is 0 Å². The molecule has 0 bridgehead atoms.